The second-order valence-corrected chi connectivity index (χ2v) is 7.97. The van der Waals surface area contributed by atoms with Gasteiger partial charge in [0.15, 0.2) is 24.8 Å². The van der Waals surface area contributed by atoms with Crippen LogP contribution in [0.1, 0.15) is 57.1 Å². The SMILES string of the molecule is CC(C)c1cc[n+](CC(=O)NCCCNC(=O)C[n+]2ccc(C(C)C)cc2)cc1. The van der Waals surface area contributed by atoms with E-state index in [1.807, 2.05) is 58.2 Å². The van der Waals surface area contributed by atoms with Gasteiger partial charge in [0.2, 0.25) is 13.1 Å². The lowest BCUT2D eigenvalue weighted by Crippen LogP contribution is -2.44. The van der Waals surface area contributed by atoms with Crippen molar-refractivity contribution in [3.8, 4) is 0 Å². The molecule has 0 spiro atoms. The molecular weight excluding hydrogens is 364 g/mol. The molecule has 156 valence electrons. The van der Waals surface area contributed by atoms with E-state index in [0.29, 0.717) is 44.4 Å². The fraction of sp³-hybridized carbons (Fsp3) is 0.478. The summed E-state index contributed by atoms with van der Waals surface area (Å²) in [6.45, 7) is 10.3. The number of hydrogen-bond donors (Lipinski definition) is 2. The van der Waals surface area contributed by atoms with Crippen molar-refractivity contribution >= 4 is 11.8 Å². The summed E-state index contributed by atoms with van der Waals surface area (Å²) in [6, 6.07) is 8.17. The van der Waals surface area contributed by atoms with Crippen LogP contribution in [0.25, 0.3) is 0 Å². The van der Waals surface area contributed by atoms with Gasteiger partial charge in [0.1, 0.15) is 0 Å². The molecule has 0 aliphatic carbocycles. The van der Waals surface area contributed by atoms with Gasteiger partial charge in [0.05, 0.1) is 0 Å². The Hall–Kier alpha value is -2.76. The number of amides is 2. The van der Waals surface area contributed by atoms with Gasteiger partial charge in [-0.05, 0) is 29.4 Å². The fourth-order valence-electron chi connectivity index (χ4n) is 2.91. The Balaban J connectivity index is 1.61. The van der Waals surface area contributed by atoms with Crippen molar-refractivity contribution in [3.05, 3.63) is 60.2 Å². The van der Waals surface area contributed by atoms with E-state index in [4.69, 9.17) is 0 Å². The summed E-state index contributed by atoms with van der Waals surface area (Å²) in [5, 5.41) is 5.78. The molecule has 0 aliphatic heterocycles. The van der Waals surface area contributed by atoms with E-state index in [9.17, 15) is 9.59 Å². The molecule has 2 N–H and O–H groups in total. The molecule has 0 atom stereocenters. The summed E-state index contributed by atoms with van der Waals surface area (Å²) in [7, 11) is 0. The average molecular weight is 399 g/mol. The molecule has 0 bridgehead atoms. The van der Waals surface area contributed by atoms with Crippen LogP contribution < -0.4 is 19.8 Å². The monoisotopic (exact) mass is 398 g/mol. The molecular formula is C23H34N4O2+2. The molecule has 2 aromatic rings. The van der Waals surface area contributed by atoms with Gasteiger partial charge in [-0.25, -0.2) is 0 Å². The summed E-state index contributed by atoms with van der Waals surface area (Å²) in [5.41, 5.74) is 2.51. The third kappa shape index (κ3) is 8.02. The first-order chi connectivity index (χ1) is 13.8. The third-order valence-electron chi connectivity index (χ3n) is 4.82. The van der Waals surface area contributed by atoms with E-state index in [1.54, 1.807) is 0 Å². The van der Waals surface area contributed by atoms with Crippen LogP contribution in [0, 0.1) is 0 Å². The summed E-state index contributed by atoms with van der Waals surface area (Å²) in [4.78, 5) is 24.0. The van der Waals surface area contributed by atoms with Gasteiger partial charge in [-0.15, -0.1) is 0 Å². The zero-order valence-corrected chi connectivity index (χ0v) is 18.0. The molecule has 0 radical (unpaired) electrons. The highest BCUT2D eigenvalue weighted by Crippen LogP contribution is 2.11. The highest BCUT2D eigenvalue weighted by atomic mass is 16.2. The molecule has 0 saturated heterocycles. The second kappa shape index (κ2) is 11.3. The number of aromatic nitrogens is 2. The highest BCUT2D eigenvalue weighted by Gasteiger charge is 2.11. The van der Waals surface area contributed by atoms with Crippen LogP contribution in [-0.4, -0.2) is 24.9 Å². The molecule has 29 heavy (non-hydrogen) atoms. The Morgan fingerprint density at radius 3 is 1.38 bits per heavy atom. The summed E-state index contributed by atoms with van der Waals surface area (Å²) in [5.74, 6) is 0.900. The van der Waals surface area contributed by atoms with E-state index >= 15 is 0 Å². The van der Waals surface area contributed by atoms with Crippen LogP contribution in [0.3, 0.4) is 0 Å². The van der Waals surface area contributed by atoms with Crippen LogP contribution in [0.4, 0.5) is 0 Å². The zero-order valence-electron chi connectivity index (χ0n) is 18.0. The van der Waals surface area contributed by atoms with Crippen LogP contribution in [-0.2, 0) is 22.7 Å². The number of nitrogens with zero attached hydrogens (tertiary/aromatic N) is 2. The van der Waals surface area contributed by atoms with E-state index in [1.165, 1.54) is 11.1 Å². The smallest absolute Gasteiger partial charge is 0.285 e. The molecule has 0 saturated carbocycles. The molecule has 0 fully saturated rings. The molecule has 6 heteroatoms. The van der Waals surface area contributed by atoms with Gasteiger partial charge < -0.3 is 10.6 Å². The predicted molar refractivity (Wildman–Crippen MR) is 112 cm³/mol. The van der Waals surface area contributed by atoms with Crippen molar-refractivity contribution in [1.29, 1.82) is 0 Å². The van der Waals surface area contributed by atoms with Crippen LogP contribution >= 0.6 is 0 Å². The number of carbonyl (C=O) groups is 2. The third-order valence-corrected chi connectivity index (χ3v) is 4.82. The minimum atomic E-state index is -0.0283. The normalized spacial score (nSPS) is 11.0. The maximum atomic E-state index is 12.0. The number of carbonyl (C=O) groups excluding carboxylic acids is 2. The number of rotatable bonds is 10. The summed E-state index contributed by atoms with van der Waals surface area (Å²) >= 11 is 0. The quantitative estimate of drug-likeness (QED) is 0.474. The number of nitrogens with one attached hydrogen (secondary N) is 2. The Kier molecular flexibility index (Phi) is 8.77. The Morgan fingerprint density at radius 2 is 1.07 bits per heavy atom. The van der Waals surface area contributed by atoms with E-state index in [-0.39, 0.29) is 11.8 Å². The lowest BCUT2D eigenvalue weighted by molar-refractivity contribution is -0.684. The number of hydrogen-bond acceptors (Lipinski definition) is 2. The summed E-state index contributed by atoms with van der Waals surface area (Å²) < 4.78 is 3.73. The highest BCUT2D eigenvalue weighted by molar-refractivity contribution is 5.74. The first-order valence-electron chi connectivity index (χ1n) is 10.4. The standard InChI is InChI=1S/C23H32N4O2/c1-18(2)20-6-12-26(13-7-20)16-22(28)24-10-5-11-25-23(29)17-27-14-8-21(9-15-27)19(3)4/h6-9,12-15,18-19H,5,10-11,16-17H2,1-4H3/p+2. The van der Waals surface area contributed by atoms with Crippen molar-refractivity contribution in [2.45, 2.75) is 59.0 Å². The predicted octanol–water partition coefficient (Wildman–Crippen LogP) is 1.83. The van der Waals surface area contributed by atoms with Crippen molar-refractivity contribution in [2.75, 3.05) is 13.1 Å². The lowest BCUT2D eigenvalue weighted by atomic mass is 10.1. The Bertz CT molecular complexity index is 716. The van der Waals surface area contributed by atoms with Gasteiger partial charge >= 0.3 is 0 Å². The molecule has 0 aliphatic rings. The molecule has 2 aromatic heterocycles. The van der Waals surface area contributed by atoms with Crippen molar-refractivity contribution in [3.63, 3.8) is 0 Å². The van der Waals surface area contributed by atoms with Gasteiger partial charge in [-0.2, -0.15) is 9.13 Å². The largest absolute Gasteiger partial charge is 0.351 e. The van der Waals surface area contributed by atoms with Gasteiger partial charge in [0.25, 0.3) is 11.8 Å². The van der Waals surface area contributed by atoms with E-state index in [0.717, 1.165) is 0 Å². The second-order valence-electron chi connectivity index (χ2n) is 7.97. The van der Waals surface area contributed by atoms with Crippen LogP contribution in [0.5, 0.6) is 0 Å². The van der Waals surface area contributed by atoms with Crippen LogP contribution in [0.2, 0.25) is 0 Å². The minimum absolute atomic E-state index is 0.0283. The van der Waals surface area contributed by atoms with Gasteiger partial charge in [0, 0.05) is 37.4 Å². The van der Waals surface area contributed by atoms with Crippen LogP contribution in [0.15, 0.2) is 49.1 Å². The maximum Gasteiger partial charge on any atom is 0.285 e. The molecule has 2 rings (SSSR count). The van der Waals surface area contributed by atoms with Crippen molar-refractivity contribution in [1.82, 2.24) is 10.6 Å². The van der Waals surface area contributed by atoms with Gasteiger partial charge in [-0.1, -0.05) is 27.7 Å². The van der Waals surface area contributed by atoms with Crippen molar-refractivity contribution in [2.24, 2.45) is 0 Å². The molecule has 2 heterocycles. The molecule has 0 aromatic carbocycles. The molecule has 0 unspecified atom stereocenters. The maximum absolute atomic E-state index is 12.0. The topological polar surface area (TPSA) is 66.0 Å². The first kappa shape index (κ1) is 22.5. The zero-order chi connectivity index (χ0) is 21.2. The summed E-state index contributed by atoms with van der Waals surface area (Å²) in [6.07, 6.45) is 8.42. The molecule has 2 amide bonds. The Labute approximate surface area is 174 Å². The van der Waals surface area contributed by atoms with Crippen molar-refractivity contribution < 1.29 is 18.7 Å². The number of pyridine rings is 2. The fourth-order valence-corrected chi connectivity index (χ4v) is 2.91. The minimum Gasteiger partial charge on any atom is -0.351 e. The Morgan fingerprint density at radius 1 is 0.724 bits per heavy atom. The molecule has 6 nitrogen and oxygen atoms in total. The van der Waals surface area contributed by atoms with E-state index in [2.05, 4.69) is 38.3 Å². The first-order valence-corrected chi connectivity index (χ1v) is 10.4. The lowest BCUT2D eigenvalue weighted by Gasteiger charge is -2.06. The van der Waals surface area contributed by atoms with Gasteiger partial charge in [-0.3, -0.25) is 9.59 Å². The van der Waals surface area contributed by atoms with E-state index < -0.39 is 0 Å². The average Bonchev–Trinajstić information content (AvgIpc) is 2.68.